The molecule has 1 saturated heterocycles. The first-order valence-electron chi connectivity index (χ1n) is 8.65. The van der Waals surface area contributed by atoms with Crippen LogP contribution < -0.4 is 10.1 Å². The molecule has 0 aromatic heterocycles. The van der Waals surface area contributed by atoms with Crippen molar-refractivity contribution < 1.29 is 14.6 Å². The van der Waals surface area contributed by atoms with E-state index in [0.29, 0.717) is 5.84 Å². The first-order chi connectivity index (χ1) is 12.9. The molecule has 0 aliphatic carbocycles. The lowest BCUT2D eigenvalue weighted by atomic mass is 9.99. The van der Waals surface area contributed by atoms with Crippen LogP contribution in [0.1, 0.15) is 36.5 Å². The Morgan fingerprint density at radius 1 is 1.26 bits per heavy atom. The highest BCUT2D eigenvalue weighted by Crippen LogP contribution is 2.35. The summed E-state index contributed by atoms with van der Waals surface area (Å²) in [5.41, 5.74) is 3.26. The van der Waals surface area contributed by atoms with Crippen LogP contribution in [-0.4, -0.2) is 23.3 Å². The van der Waals surface area contributed by atoms with E-state index in [9.17, 15) is 9.90 Å². The minimum absolute atomic E-state index is 0.167. The normalized spacial score (nSPS) is 17.0. The van der Waals surface area contributed by atoms with Gasteiger partial charge in [-0.25, -0.2) is 4.99 Å². The third-order valence-corrected chi connectivity index (χ3v) is 5.10. The highest BCUT2D eigenvalue weighted by molar-refractivity contribution is 8.18. The topological polar surface area (TPSA) is 70.9 Å². The summed E-state index contributed by atoms with van der Waals surface area (Å²) in [5, 5.41) is 12.8. The fourth-order valence-electron chi connectivity index (χ4n) is 2.84. The van der Waals surface area contributed by atoms with Gasteiger partial charge in [-0.05, 0) is 60.0 Å². The van der Waals surface area contributed by atoms with Crippen molar-refractivity contribution in [3.8, 4) is 11.5 Å². The van der Waals surface area contributed by atoms with Gasteiger partial charge in [0.2, 0.25) is 0 Å². The monoisotopic (exact) mass is 382 g/mol. The highest BCUT2D eigenvalue weighted by atomic mass is 32.2. The number of aryl methyl sites for hydroxylation is 1. The molecule has 0 bridgehead atoms. The molecule has 5 nitrogen and oxygen atoms in total. The predicted molar refractivity (Wildman–Crippen MR) is 111 cm³/mol. The maximum atomic E-state index is 12.0. The van der Waals surface area contributed by atoms with Gasteiger partial charge in [0.05, 0.1) is 17.7 Å². The van der Waals surface area contributed by atoms with Crippen LogP contribution in [0.4, 0.5) is 10.5 Å². The number of rotatable bonds is 4. The zero-order chi connectivity index (χ0) is 19.6. The zero-order valence-corrected chi connectivity index (χ0v) is 16.6. The predicted octanol–water partition coefficient (Wildman–Crippen LogP) is 5.36. The van der Waals surface area contributed by atoms with Crippen molar-refractivity contribution in [3.63, 3.8) is 0 Å². The van der Waals surface area contributed by atoms with Gasteiger partial charge in [0, 0.05) is 5.56 Å². The van der Waals surface area contributed by atoms with Crippen molar-refractivity contribution in [2.75, 3.05) is 7.11 Å². The number of benzene rings is 2. The number of hydrogen-bond acceptors (Lipinski definition) is 5. The number of para-hydroxylation sites is 1. The number of phenols is 1. The van der Waals surface area contributed by atoms with Crippen LogP contribution >= 0.6 is 11.8 Å². The van der Waals surface area contributed by atoms with Crippen LogP contribution in [0.5, 0.6) is 11.5 Å². The number of nitrogens with zero attached hydrogens (tertiary/aromatic N) is 1. The van der Waals surface area contributed by atoms with Gasteiger partial charge in [0.25, 0.3) is 5.24 Å². The molecule has 0 unspecified atom stereocenters. The van der Waals surface area contributed by atoms with Gasteiger partial charge in [0.1, 0.15) is 17.3 Å². The van der Waals surface area contributed by atoms with E-state index >= 15 is 0 Å². The van der Waals surface area contributed by atoms with Crippen LogP contribution in [-0.2, 0) is 0 Å². The fraction of sp³-hybridized carbons (Fsp3) is 0.238. The van der Waals surface area contributed by atoms with Crippen molar-refractivity contribution in [1.82, 2.24) is 5.32 Å². The fourth-order valence-corrected chi connectivity index (χ4v) is 3.57. The second-order valence-corrected chi connectivity index (χ2v) is 7.59. The number of carbonyl (C=O) groups excluding carboxylic acids is 1. The van der Waals surface area contributed by atoms with Gasteiger partial charge in [-0.3, -0.25) is 4.79 Å². The number of methoxy groups -OCH3 is 1. The summed E-state index contributed by atoms with van der Waals surface area (Å²) in [4.78, 5) is 17.4. The molecule has 3 rings (SSSR count). The van der Waals surface area contributed by atoms with Crippen LogP contribution in [0.25, 0.3) is 6.08 Å². The molecule has 2 N–H and O–H groups in total. The number of hydrogen-bond donors (Lipinski definition) is 2. The van der Waals surface area contributed by atoms with E-state index < -0.39 is 0 Å². The summed E-state index contributed by atoms with van der Waals surface area (Å²) < 4.78 is 5.38. The average Bonchev–Trinajstić information content (AvgIpc) is 2.96. The molecular weight excluding hydrogens is 360 g/mol. The molecule has 0 spiro atoms. The summed E-state index contributed by atoms with van der Waals surface area (Å²) in [6.07, 6.45) is 1.89. The molecule has 1 aliphatic heterocycles. The van der Waals surface area contributed by atoms with Gasteiger partial charge in [-0.1, -0.05) is 32.0 Å². The molecule has 0 radical (unpaired) electrons. The Morgan fingerprint density at radius 2 is 2.00 bits per heavy atom. The largest absolute Gasteiger partial charge is 0.508 e. The quantitative estimate of drug-likeness (QED) is 0.747. The SMILES string of the molecule is COc1ccccc1C=C1SC(=O)NC1=Nc1cc(C(C)C)c(O)cc1C. The molecule has 1 fully saturated rings. The molecule has 1 amide bonds. The van der Waals surface area contributed by atoms with E-state index in [1.807, 2.05) is 57.2 Å². The minimum atomic E-state index is -0.171. The van der Waals surface area contributed by atoms with Crippen molar-refractivity contribution in [3.05, 3.63) is 58.0 Å². The number of aliphatic imine (C=N–C) groups is 1. The van der Waals surface area contributed by atoms with E-state index in [1.165, 1.54) is 0 Å². The average molecular weight is 382 g/mol. The molecule has 2 aromatic rings. The first-order valence-corrected chi connectivity index (χ1v) is 9.46. The highest BCUT2D eigenvalue weighted by Gasteiger charge is 2.24. The molecule has 27 heavy (non-hydrogen) atoms. The standard InChI is InChI=1S/C21H22N2O3S/c1-12(2)15-11-16(13(3)9-17(15)24)22-20-19(27-21(25)23-20)10-14-7-5-6-8-18(14)26-4/h5-12,24H,1-4H3,(H,22,23,25). The molecular formula is C21H22N2O3S. The Morgan fingerprint density at radius 3 is 2.70 bits per heavy atom. The van der Waals surface area contributed by atoms with Crippen LogP contribution in [0.15, 0.2) is 46.3 Å². The van der Waals surface area contributed by atoms with E-state index in [4.69, 9.17) is 4.74 Å². The third kappa shape index (κ3) is 4.17. The van der Waals surface area contributed by atoms with Crippen molar-refractivity contribution >= 4 is 34.6 Å². The van der Waals surface area contributed by atoms with Crippen molar-refractivity contribution in [2.24, 2.45) is 4.99 Å². The van der Waals surface area contributed by atoms with E-state index in [2.05, 4.69) is 10.3 Å². The van der Waals surface area contributed by atoms with E-state index in [0.717, 1.165) is 44.8 Å². The Kier molecular flexibility index (Phi) is 5.56. The molecule has 140 valence electrons. The lowest BCUT2D eigenvalue weighted by Crippen LogP contribution is -2.18. The summed E-state index contributed by atoms with van der Waals surface area (Å²) in [7, 11) is 1.62. The number of ether oxygens (including phenoxy) is 1. The third-order valence-electron chi connectivity index (χ3n) is 4.28. The lowest BCUT2D eigenvalue weighted by molar-refractivity contribution is 0.265. The lowest BCUT2D eigenvalue weighted by Gasteiger charge is -2.12. The molecule has 0 atom stereocenters. The number of phenolic OH excluding ortho intramolecular Hbond substituents is 1. The zero-order valence-electron chi connectivity index (χ0n) is 15.7. The Labute approximate surface area is 163 Å². The summed E-state index contributed by atoms with van der Waals surface area (Å²) in [5.74, 6) is 1.66. The summed E-state index contributed by atoms with van der Waals surface area (Å²) >= 11 is 1.10. The molecule has 1 heterocycles. The molecule has 6 heteroatoms. The maximum Gasteiger partial charge on any atom is 0.289 e. The van der Waals surface area contributed by atoms with Gasteiger partial charge in [-0.2, -0.15) is 0 Å². The second-order valence-electron chi connectivity index (χ2n) is 6.58. The molecule has 0 saturated carbocycles. The number of aromatic hydroxyl groups is 1. The number of nitrogens with one attached hydrogen (secondary N) is 1. The van der Waals surface area contributed by atoms with Gasteiger partial charge in [-0.15, -0.1) is 0 Å². The maximum absolute atomic E-state index is 12.0. The number of amides is 1. The minimum Gasteiger partial charge on any atom is -0.508 e. The Bertz CT molecular complexity index is 948. The van der Waals surface area contributed by atoms with E-state index in [-0.39, 0.29) is 16.9 Å². The first kappa shape index (κ1) is 19.0. The Hall–Kier alpha value is -2.73. The van der Waals surface area contributed by atoms with Gasteiger partial charge < -0.3 is 15.2 Å². The molecule has 2 aromatic carbocycles. The van der Waals surface area contributed by atoms with Crippen molar-refractivity contribution in [2.45, 2.75) is 26.7 Å². The van der Waals surface area contributed by atoms with Crippen LogP contribution in [0.2, 0.25) is 0 Å². The Balaban J connectivity index is 2.06. The van der Waals surface area contributed by atoms with Gasteiger partial charge >= 0.3 is 0 Å². The summed E-state index contributed by atoms with van der Waals surface area (Å²) in [6.45, 7) is 5.92. The van der Waals surface area contributed by atoms with Gasteiger partial charge in [0.15, 0.2) is 0 Å². The summed E-state index contributed by atoms with van der Waals surface area (Å²) in [6, 6.07) is 11.2. The number of carbonyl (C=O) groups is 1. The molecule has 1 aliphatic rings. The van der Waals surface area contributed by atoms with Crippen LogP contribution in [0.3, 0.4) is 0 Å². The van der Waals surface area contributed by atoms with E-state index in [1.54, 1.807) is 13.2 Å². The smallest absolute Gasteiger partial charge is 0.289 e. The second kappa shape index (κ2) is 7.88. The number of amidine groups is 1. The van der Waals surface area contributed by atoms with Crippen molar-refractivity contribution in [1.29, 1.82) is 0 Å². The van der Waals surface area contributed by atoms with Crippen LogP contribution in [0, 0.1) is 6.92 Å². The number of thioether (sulfide) groups is 1.